The first kappa shape index (κ1) is 17.9. The van der Waals surface area contributed by atoms with Crippen molar-refractivity contribution in [3.63, 3.8) is 0 Å². The van der Waals surface area contributed by atoms with E-state index in [2.05, 4.69) is 30.0 Å². The van der Waals surface area contributed by atoms with Gasteiger partial charge in [-0.2, -0.15) is 19.6 Å². The molecular weight excluding hydrogens is 362 g/mol. The van der Waals surface area contributed by atoms with Gasteiger partial charge >= 0.3 is 5.69 Å². The SMILES string of the molecule is CCOCCN=c1nc(S(C)=O)nc2c(=Cc3[nH]c(=O)[nH]c3O)cnn12. The van der Waals surface area contributed by atoms with Crippen LogP contribution in [0.4, 0.5) is 0 Å². The van der Waals surface area contributed by atoms with E-state index >= 15 is 0 Å². The Bertz CT molecular complexity index is 1130. The van der Waals surface area contributed by atoms with Crippen molar-refractivity contribution >= 4 is 22.5 Å². The van der Waals surface area contributed by atoms with Crippen LogP contribution in [-0.2, 0) is 15.5 Å². The molecule has 1 atom stereocenters. The summed E-state index contributed by atoms with van der Waals surface area (Å²) in [6.07, 6.45) is 4.44. The van der Waals surface area contributed by atoms with Gasteiger partial charge in [-0.3, -0.25) is 9.19 Å². The molecule has 0 spiro atoms. The molecule has 3 aromatic rings. The van der Waals surface area contributed by atoms with Gasteiger partial charge in [-0.15, -0.1) is 0 Å². The Hall–Kier alpha value is -2.86. The van der Waals surface area contributed by atoms with Crippen LogP contribution in [0.25, 0.3) is 11.7 Å². The highest BCUT2D eigenvalue weighted by molar-refractivity contribution is 7.84. The lowest BCUT2D eigenvalue weighted by Crippen LogP contribution is -2.25. The number of aromatic hydroxyl groups is 1. The van der Waals surface area contributed by atoms with Gasteiger partial charge in [0, 0.05) is 18.1 Å². The lowest BCUT2D eigenvalue weighted by Gasteiger charge is -1.99. The van der Waals surface area contributed by atoms with Crippen LogP contribution in [0.1, 0.15) is 12.6 Å². The maximum absolute atomic E-state index is 11.9. The van der Waals surface area contributed by atoms with Crippen molar-refractivity contribution in [2.45, 2.75) is 12.1 Å². The third-order valence-corrected chi connectivity index (χ3v) is 4.04. The minimum absolute atomic E-state index is 0.106. The third kappa shape index (κ3) is 3.70. The fraction of sp³-hybridized carbons (Fsp3) is 0.357. The van der Waals surface area contributed by atoms with Crippen molar-refractivity contribution in [2.24, 2.45) is 4.99 Å². The highest BCUT2D eigenvalue weighted by Gasteiger charge is 2.10. The fourth-order valence-corrected chi connectivity index (χ4v) is 2.62. The van der Waals surface area contributed by atoms with E-state index in [9.17, 15) is 14.1 Å². The summed E-state index contributed by atoms with van der Waals surface area (Å²) in [6, 6.07) is 0. The van der Waals surface area contributed by atoms with E-state index in [4.69, 9.17) is 4.74 Å². The smallest absolute Gasteiger partial charge is 0.326 e. The van der Waals surface area contributed by atoms with Gasteiger partial charge in [0.05, 0.1) is 30.1 Å². The number of H-pyrrole nitrogens is 2. The molecule has 0 saturated carbocycles. The Kier molecular flexibility index (Phi) is 5.23. The summed E-state index contributed by atoms with van der Waals surface area (Å²) in [6.45, 7) is 3.25. The van der Waals surface area contributed by atoms with Crippen molar-refractivity contribution in [1.29, 1.82) is 0 Å². The molecule has 3 aromatic heterocycles. The van der Waals surface area contributed by atoms with Gasteiger partial charge in [0.25, 0.3) is 5.62 Å². The molecule has 0 radical (unpaired) electrons. The molecule has 0 saturated heterocycles. The molecule has 1 unspecified atom stereocenters. The van der Waals surface area contributed by atoms with E-state index < -0.39 is 16.5 Å². The van der Waals surface area contributed by atoms with E-state index in [-0.39, 0.29) is 22.3 Å². The summed E-state index contributed by atoms with van der Waals surface area (Å²) in [4.78, 5) is 28.7. The number of fused-ring (bicyclic) bond motifs is 1. The van der Waals surface area contributed by atoms with Crippen molar-refractivity contribution in [3.05, 3.63) is 33.2 Å². The van der Waals surface area contributed by atoms with Crippen molar-refractivity contribution < 1.29 is 14.1 Å². The second-order valence-electron chi connectivity index (χ2n) is 5.16. The highest BCUT2D eigenvalue weighted by atomic mass is 32.2. The van der Waals surface area contributed by atoms with Gasteiger partial charge in [-0.1, -0.05) is 0 Å². The molecule has 0 aliphatic rings. The van der Waals surface area contributed by atoms with E-state index in [0.717, 1.165) is 0 Å². The lowest BCUT2D eigenvalue weighted by molar-refractivity contribution is 0.155. The molecule has 3 rings (SSSR count). The predicted octanol–water partition coefficient (Wildman–Crippen LogP) is -1.93. The predicted molar refractivity (Wildman–Crippen MR) is 91.9 cm³/mol. The third-order valence-electron chi connectivity index (χ3n) is 3.34. The molecule has 0 bridgehead atoms. The van der Waals surface area contributed by atoms with Gasteiger partial charge in [0.2, 0.25) is 11.0 Å². The van der Waals surface area contributed by atoms with Gasteiger partial charge in [0.15, 0.2) is 5.65 Å². The second kappa shape index (κ2) is 7.58. The maximum atomic E-state index is 11.9. The number of imidazole rings is 1. The number of nitrogens with one attached hydrogen (secondary N) is 2. The van der Waals surface area contributed by atoms with Gasteiger partial charge < -0.3 is 14.8 Å². The summed E-state index contributed by atoms with van der Waals surface area (Å²) in [5, 5.41) is 14.5. The molecule has 26 heavy (non-hydrogen) atoms. The number of hydrogen-bond acceptors (Lipinski definition) is 8. The monoisotopic (exact) mass is 379 g/mol. The Morgan fingerprint density at radius 3 is 2.88 bits per heavy atom. The topological polar surface area (TPSA) is 151 Å². The molecule has 0 aliphatic carbocycles. The molecule has 0 fully saturated rings. The summed E-state index contributed by atoms with van der Waals surface area (Å²) in [5.41, 5.74) is 0.229. The summed E-state index contributed by atoms with van der Waals surface area (Å²) in [5.74, 6) is -0.302. The minimum atomic E-state index is -1.43. The zero-order chi connectivity index (χ0) is 18.7. The average molecular weight is 379 g/mol. The van der Waals surface area contributed by atoms with Crippen LogP contribution in [-0.4, -0.2) is 64.9 Å². The Morgan fingerprint density at radius 2 is 2.23 bits per heavy atom. The van der Waals surface area contributed by atoms with Crippen LogP contribution < -0.4 is 16.5 Å². The number of ether oxygens (including phenoxy) is 1. The Balaban J connectivity index is 2.18. The zero-order valence-corrected chi connectivity index (χ0v) is 14.9. The summed E-state index contributed by atoms with van der Waals surface area (Å²) >= 11 is 0. The highest BCUT2D eigenvalue weighted by Crippen LogP contribution is 2.07. The van der Waals surface area contributed by atoms with Crippen LogP contribution in [0.3, 0.4) is 0 Å². The largest absolute Gasteiger partial charge is 0.493 e. The summed E-state index contributed by atoms with van der Waals surface area (Å²) < 4.78 is 18.5. The Morgan fingerprint density at radius 1 is 1.42 bits per heavy atom. The van der Waals surface area contributed by atoms with Crippen molar-refractivity contribution in [1.82, 2.24) is 29.5 Å². The molecular formula is C14H17N7O4S. The number of nitrogens with zero attached hydrogens (tertiary/aromatic N) is 5. The van der Waals surface area contributed by atoms with Crippen LogP contribution in [0.5, 0.6) is 5.88 Å². The summed E-state index contributed by atoms with van der Waals surface area (Å²) in [7, 11) is -1.43. The first-order chi connectivity index (χ1) is 12.5. The molecule has 0 aliphatic heterocycles. The normalized spacial score (nSPS) is 14.4. The number of rotatable bonds is 6. The van der Waals surface area contributed by atoms with Crippen molar-refractivity contribution in [3.8, 4) is 5.88 Å². The molecule has 3 N–H and O–H groups in total. The van der Waals surface area contributed by atoms with Gasteiger partial charge in [-0.25, -0.2) is 9.79 Å². The second-order valence-corrected chi connectivity index (χ2v) is 6.43. The molecule has 138 valence electrons. The Labute approximate surface area is 149 Å². The first-order valence-electron chi connectivity index (χ1n) is 7.70. The van der Waals surface area contributed by atoms with E-state index in [1.54, 1.807) is 0 Å². The molecule has 0 aromatic carbocycles. The first-order valence-corrected chi connectivity index (χ1v) is 9.26. The van der Waals surface area contributed by atoms with Crippen LogP contribution in [0.15, 0.2) is 21.1 Å². The molecule has 0 amide bonds. The van der Waals surface area contributed by atoms with Crippen LogP contribution in [0, 0.1) is 0 Å². The van der Waals surface area contributed by atoms with E-state index in [1.807, 2.05) is 6.92 Å². The molecule has 12 heteroatoms. The zero-order valence-electron chi connectivity index (χ0n) is 14.1. The van der Waals surface area contributed by atoms with E-state index in [0.29, 0.717) is 30.6 Å². The fourth-order valence-electron chi connectivity index (χ4n) is 2.20. The van der Waals surface area contributed by atoms with Crippen molar-refractivity contribution in [2.75, 3.05) is 26.0 Å². The number of hydrogen-bond donors (Lipinski definition) is 3. The number of aromatic amines is 2. The van der Waals surface area contributed by atoms with Crippen LogP contribution in [0.2, 0.25) is 0 Å². The maximum Gasteiger partial charge on any atom is 0.326 e. The number of aromatic nitrogens is 6. The average Bonchev–Trinajstić information content (AvgIpc) is 3.14. The minimum Gasteiger partial charge on any atom is -0.493 e. The van der Waals surface area contributed by atoms with Gasteiger partial charge in [0.1, 0.15) is 5.69 Å². The lowest BCUT2D eigenvalue weighted by atomic mass is 10.3. The van der Waals surface area contributed by atoms with E-state index in [1.165, 1.54) is 23.0 Å². The van der Waals surface area contributed by atoms with Crippen LogP contribution >= 0.6 is 0 Å². The molecule has 11 nitrogen and oxygen atoms in total. The molecule has 3 heterocycles. The van der Waals surface area contributed by atoms with Gasteiger partial charge in [-0.05, 0) is 13.0 Å². The quantitative estimate of drug-likeness (QED) is 0.422. The standard InChI is InChI=1S/C14H17N7O4S/c1-3-25-5-4-15-12-20-14(26(2)24)18-10-8(7-16-21(10)12)6-9-11(22)19-13(23)17-9/h6-7,22H,3-5H2,1-2H3,(H2,17,19,23).